The number of hydrogen-bond acceptors (Lipinski definition) is 5. The van der Waals surface area contributed by atoms with E-state index in [0.717, 1.165) is 4.31 Å². The minimum Gasteiger partial charge on any atom is -0.355 e. The lowest BCUT2D eigenvalue weighted by Gasteiger charge is -2.12. The summed E-state index contributed by atoms with van der Waals surface area (Å²) in [5.74, 6) is 0.549. The fourth-order valence-corrected chi connectivity index (χ4v) is 1.91. The Morgan fingerprint density at radius 2 is 2.06 bits per heavy atom. The minimum absolute atomic E-state index is 0.160. The molecule has 1 heterocycles. The molecule has 1 aromatic heterocycles. The third-order valence-corrected chi connectivity index (χ3v) is 3.69. The van der Waals surface area contributed by atoms with Crippen molar-refractivity contribution in [3.63, 3.8) is 0 Å². The second-order valence-corrected chi connectivity index (χ2v) is 5.75. The third-order valence-electron chi connectivity index (χ3n) is 1.89. The smallest absolute Gasteiger partial charge is 0.244 e. The molecule has 0 aliphatic heterocycles. The highest BCUT2D eigenvalue weighted by atomic mass is 32.2. The Kier molecular flexibility index (Phi) is 3.84. The van der Waals surface area contributed by atoms with Crippen molar-refractivity contribution in [1.82, 2.24) is 9.29 Å². The highest BCUT2D eigenvalue weighted by Gasteiger charge is 2.17. The average molecular weight is 244 g/mol. The molecule has 16 heavy (non-hydrogen) atoms. The molecule has 0 aliphatic rings. The number of sulfonamides is 1. The van der Waals surface area contributed by atoms with Gasteiger partial charge in [-0.2, -0.15) is 0 Å². The number of nitrogens with one attached hydrogen (secondary N) is 1. The van der Waals surface area contributed by atoms with Gasteiger partial charge in [0, 0.05) is 20.3 Å². The molecule has 6 nitrogen and oxygen atoms in total. The molecule has 0 amide bonds. The molecule has 0 fully saturated rings. The molecule has 3 N–H and O–H groups in total. The highest BCUT2D eigenvalue weighted by Crippen LogP contribution is 2.13. The van der Waals surface area contributed by atoms with Crippen LogP contribution in [0, 0.1) is 0 Å². The molecule has 1 aromatic rings. The summed E-state index contributed by atoms with van der Waals surface area (Å²) < 4.78 is 24.6. The fourth-order valence-electron chi connectivity index (χ4n) is 1.06. The van der Waals surface area contributed by atoms with Crippen LogP contribution in [0.3, 0.4) is 0 Å². The van der Waals surface area contributed by atoms with Gasteiger partial charge >= 0.3 is 0 Å². The van der Waals surface area contributed by atoms with Crippen LogP contribution in [0.5, 0.6) is 0 Å². The SMILES string of the molecule is CC(N)Nc1ccc(S(=O)(=O)N(C)C)cn1. The van der Waals surface area contributed by atoms with Crippen LogP contribution in [0.25, 0.3) is 0 Å². The van der Waals surface area contributed by atoms with E-state index in [0.29, 0.717) is 5.82 Å². The summed E-state index contributed by atoms with van der Waals surface area (Å²) in [6, 6.07) is 3.08. The Balaban J connectivity index is 2.96. The van der Waals surface area contributed by atoms with Crippen molar-refractivity contribution in [3.05, 3.63) is 18.3 Å². The predicted molar refractivity (Wildman–Crippen MR) is 62.4 cm³/mol. The molecule has 0 bridgehead atoms. The van der Waals surface area contributed by atoms with Gasteiger partial charge in [-0.3, -0.25) is 0 Å². The molecular formula is C9H16N4O2S. The molecule has 90 valence electrons. The number of nitrogens with zero attached hydrogens (tertiary/aromatic N) is 2. The van der Waals surface area contributed by atoms with Crippen LogP contribution in [0.15, 0.2) is 23.2 Å². The number of pyridine rings is 1. The first-order valence-electron chi connectivity index (χ1n) is 4.74. The Labute approximate surface area is 95.5 Å². The summed E-state index contributed by atoms with van der Waals surface area (Å²) in [4.78, 5) is 4.13. The molecule has 0 aromatic carbocycles. The molecule has 0 aliphatic carbocycles. The van der Waals surface area contributed by atoms with E-state index in [9.17, 15) is 8.42 Å². The predicted octanol–water partition coefficient (Wildman–Crippen LogP) is 0.0485. The number of hydrogen-bond donors (Lipinski definition) is 2. The zero-order valence-corrected chi connectivity index (χ0v) is 10.3. The second kappa shape index (κ2) is 4.77. The Bertz CT molecular complexity index is 439. The summed E-state index contributed by atoms with van der Waals surface area (Å²) >= 11 is 0. The van der Waals surface area contributed by atoms with Crippen molar-refractivity contribution in [1.29, 1.82) is 0 Å². The minimum atomic E-state index is -3.41. The molecule has 1 atom stereocenters. The molecule has 7 heteroatoms. The Morgan fingerprint density at radius 3 is 2.44 bits per heavy atom. The Hall–Kier alpha value is -1.18. The molecule has 0 spiro atoms. The van der Waals surface area contributed by atoms with Crippen molar-refractivity contribution in [2.75, 3.05) is 19.4 Å². The Morgan fingerprint density at radius 1 is 1.44 bits per heavy atom. The summed E-state index contributed by atoms with van der Waals surface area (Å²) in [6.07, 6.45) is 1.07. The fraction of sp³-hybridized carbons (Fsp3) is 0.444. The van der Waals surface area contributed by atoms with Gasteiger partial charge in [-0.15, -0.1) is 0 Å². The zero-order valence-electron chi connectivity index (χ0n) is 9.51. The molecule has 1 rings (SSSR count). The number of anilines is 1. The van der Waals surface area contributed by atoms with Crippen LogP contribution >= 0.6 is 0 Å². The number of rotatable bonds is 4. The van der Waals surface area contributed by atoms with E-state index >= 15 is 0 Å². The highest BCUT2D eigenvalue weighted by molar-refractivity contribution is 7.89. The van der Waals surface area contributed by atoms with Gasteiger partial charge in [-0.25, -0.2) is 17.7 Å². The van der Waals surface area contributed by atoms with Gasteiger partial charge in [0.05, 0.1) is 6.17 Å². The van der Waals surface area contributed by atoms with E-state index in [-0.39, 0.29) is 11.1 Å². The topological polar surface area (TPSA) is 88.3 Å². The maximum atomic E-state index is 11.7. The summed E-state index contributed by atoms with van der Waals surface area (Å²) in [5.41, 5.74) is 5.52. The van der Waals surface area contributed by atoms with E-state index in [1.807, 2.05) is 0 Å². The molecule has 1 unspecified atom stereocenters. The number of aromatic nitrogens is 1. The first-order valence-corrected chi connectivity index (χ1v) is 6.19. The third kappa shape index (κ3) is 2.91. The van der Waals surface area contributed by atoms with E-state index in [4.69, 9.17) is 5.73 Å². The van der Waals surface area contributed by atoms with Gasteiger partial charge in [0.1, 0.15) is 10.7 Å². The van der Waals surface area contributed by atoms with E-state index < -0.39 is 10.0 Å². The van der Waals surface area contributed by atoms with Crippen LogP contribution in [-0.4, -0.2) is 38.0 Å². The van der Waals surface area contributed by atoms with Gasteiger partial charge in [0.25, 0.3) is 0 Å². The second-order valence-electron chi connectivity index (χ2n) is 3.60. The molecular weight excluding hydrogens is 228 g/mol. The molecule has 0 saturated heterocycles. The summed E-state index contributed by atoms with van der Waals surface area (Å²) in [6.45, 7) is 1.77. The van der Waals surface area contributed by atoms with Crippen LogP contribution in [0.4, 0.5) is 5.82 Å². The maximum absolute atomic E-state index is 11.7. The van der Waals surface area contributed by atoms with Crippen LogP contribution < -0.4 is 11.1 Å². The van der Waals surface area contributed by atoms with Gasteiger partial charge in [-0.1, -0.05) is 0 Å². The van der Waals surface area contributed by atoms with E-state index in [1.165, 1.54) is 26.4 Å². The quantitative estimate of drug-likeness (QED) is 0.731. The first kappa shape index (κ1) is 12.9. The monoisotopic (exact) mass is 244 g/mol. The van der Waals surface area contributed by atoms with Crippen molar-refractivity contribution in [2.45, 2.75) is 18.0 Å². The van der Waals surface area contributed by atoms with Gasteiger partial charge in [-0.05, 0) is 19.1 Å². The van der Waals surface area contributed by atoms with Gasteiger partial charge in [0.15, 0.2) is 0 Å². The van der Waals surface area contributed by atoms with Gasteiger partial charge < -0.3 is 11.1 Å². The van der Waals surface area contributed by atoms with Crippen LogP contribution in [-0.2, 0) is 10.0 Å². The zero-order chi connectivity index (χ0) is 12.3. The van der Waals surface area contributed by atoms with Gasteiger partial charge in [0.2, 0.25) is 10.0 Å². The first-order chi connectivity index (χ1) is 7.34. The van der Waals surface area contributed by atoms with Crippen LogP contribution in [0.2, 0.25) is 0 Å². The van der Waals surface area contributed by atoms with E-state index in [1.54, 1.807) is 13.0 Å². The molecule has 0 saturated carbocycles. The largest absolute Gasteiger partial charge is 0.355 e. The van der Waals surface area contributed by atoms with Crippen molar-refractivity contribution < 1.29 is 8.42 Å². The van der Waals surface area contributed by atoms with Crippen molar-refractivity contribution in [3.8, 4) is 0 Å². The average Bonchev–Trinajstić information content (AvgIpc) is 2.17. The number of nitrogens with two attached hydrogens (primary N) is 1. The maximum Gasteiger partial charge on any atom is 0.244 e. The summed E-state index contributed by atoms with van der Waals surface area (Å²) in [5, 5.41) is 2.87. The van der Waals surface area contributed by atoms with E-state index in [2.05, 4.69) is 10.3 Å². The lowest BCUT2D eigenvalue weighted by atomic mass is 10.4. The van der Waals surface area contributed by atoms with Crippen molar-refractivity contribution >= 4 is 15.8 Å². The van der Waals surface area contributed by atoms with Crippen molar-refractivity contribution in [2.24, 2.45) is 5.73 Å². The molecule has 0 radical (unpaired) electrons. The lowest BCUT2D eigenvalue weighted by molar-refractivity contribution is 0.520. The van der Waals surface area contributed by atoms with Crippen LogP contribution in [0.1, 0.15) is 6.92 Å². The lowest BCUT2D eigenvalue weighted by Crippen LogP contribution is -2.26. The normalized spacial score (nSPS) is 13.8. The summed E-state index contributed by atoms with van der Waals surface area (Å²) in [7, 11) is -0.459. The standard InChI is InChI=1S/C9H16N4O2S/c1-7(10)12-9-5-4-8(6-11-9)16(14,15)13(2)3/h4-7H,10H2,1-3H3,(H,11,12).